The van der Waals surface area contributed by atoms with Crippen molar-refractivity contribution < 1.29 is 38.8 Å². The minimum absolute atomic E-state index is 0. The van der Waals surface area contributed by atoms with Crippen molar-refractivity contribution in [1.82, 2.24) is 4.98 Å². The van der Waals surface area contributed by atoms with Gasteiger partial charge < -0.3 is 13.9 Å². The Kier molecular flexibility index (Phi) is 12.0. The van der Waals surface area contributed by atoms with E-state index in [1.165, 1.54) is 17.0 Å². The first-order valence-corrected chi connectivity index (χ1v) is 17.5. The minimum Gasteiger partial charge on any atom is -0.512 e. The number of carbonyl (C=O) groups is 1. The van der Waals surface area contributed by atoms with E-state index in [-0.39, 0.29) is 47.9 Å². The molecule has 0 aliphatic carbocycles. The van der Waals surface area contributed by atoms with Crippen LogP contribution in [-0.2, 0) is 30.3 Å². The number of nitrogens with zero attached hydrogens (tertiary/aromatic N) is 1. The number of aliphatic hydroxyl groups excluding tert-OH is 1. The molecule has 0 aliphatic heterocycles. The number of rotatable bonds is 9. The van der Waals surface area contributed by atoms with Crippen LogP contribution in [0.5, 0.6) is 0 Å². The molecule has 0 aliphatic rings. The van der Waals surface area contributed by atoms with Crippen molar-refractivity contribution in [3.05, 3.63) is 103 Å². The predicted octanol–water partition coefficient (Wildman–Crippen LogP) is 12.8. The number of benzene rings is 3. The van der Waals surface area contributed by atoms with E-state index in [0.29, 0.717) is 0 Å². The summed E-state index contributed by atoms with van der Waals surface area (Å²) in [4.78, 5) is 16.9. The number of aliphatic hydroxyl groups is 1. The van der Waals surface area contributed by atoms with Crippen LogP contribution in [0.15, 0.2) is 99.9 Å². The third-order valence-electron chi connectivity index (χ3n) is 10.6. The average molecular weight is 849 g/mol. The van der Waals surface area contributed by atoms with Crippen LogP contribution in [0, 0.1) is 16.9 Å². The number of carbonyl (C=O) groups excluding carboxylic acids is 1. The quantitative estimate of drug-likeness (QED) is 0.0891. The molecule has 6 aromatic rings. The summed E-state index contributed by atoms with van der Waals surface area (Å²) in [5.74, 6) is 1.08. The molecule has 3 aromatic carbocycles. The summed E-state index contributed by atoms with van der Waals surface area (Å²) in [6.07, 6.45) is 8.27. The monoisotopic (exact) mass is 849 g/mol. The summed E-state index contributed by atoms with van der Waals surface area (Å²) < 4.78 is 11.8. The van der Waals surface area contributed by atoms with Gasteiger partial charge in [0.15, 0.2) is 5.78 Å². The van der Waals surface area contributed by atoms with Crippen LogP contribution in [0.3, 0.4) is 0 Å². The Bertz CT molecular complexity index is 2120. The van der Waals surface area contributed by atoms with E-state index in [1.807, 2.05) is 65.8 Å². The van der Waals surface area contributed by atoms with Gasteiger partial charge in [-0.1, -0.05) is 104 Å². The van der Waals surface area contributed by atoms with E-state index in [9.17, 15) is 9.90 Å². The van der Waals surface area contributed by atoms with Crippen molar-refractivity contribution in [2.45, 2.75) is 93.4 Å². The number of hydrogen-bond acceptors (Lipinski definition) is 5. The van der Waals surface area contributed by atoms with Gasteiger partial charge in [-0.3, -0.25) is 9.78 Å². The Morgan fingerprint density at radius 3 is 2.16 bits per heavy atom. The molecule has 3 aromatic heterocycles. The van der Waals surface area contributed by atoms with Gasteiger partial charge in [-0.25, -0.2) is 0 Å². The molecular weight excluding hydrogens is 799 g/mol. The summed E-state index contributed by atoms with van der Waals surface area (Å²) in [5, 5.41) is 14.5. The van der Waals surface area contributed by atoms with Crippen molar-refractivity contribution in [3.63, 3.8) is 0 Å². The molecule has 6 heteroatoms. The van der Waals surface area contributed by atoms with Crippen molar-refractivity contribution in [3.8, 4) is 22.6 Å². The zero-order valence-corrected chi connectivity index (χ0v) is 33.3. The smallest absolute Gasteiger partial charge is 0.164 e. The summed E-state index contributed by atoms with van der Waals surface area (Å²) in [6, 6.07) is 26.3. The van der Waals surface area contributed by atoms with Crippen LogP contribution < -0.4 is 0 Å². The van der Waals surface area contributed by atoms with Gasteiger partial charge in [0.2, 0.25) is 0 Å². The fraction of sp³-hybridized carbons (Fsp3) is 0.364. The second kappa shape index (κ2) is 15.5. The molecule has 0 atom stereocenters. The Balaban J connectivity index is 0.000000269. The number of aromatic nitrogens is 1. The molecule has 1 N–H and O–H groups in total. The van der Waals surface area contributed by atoms with Crippen LogP contribution in [0.25, 0.3) is 55.3 Å². The summed E-state index contributed by atoms with van der Waals surface area (Å²) in [7, 11) is 0. The first-order valence-electron chi connectivity index (χ1n) is 17.5. The van der Waals surface area contributed by atoms with E-state index in [2.05, 4.69) is 69.3 Å². The fourth-order valence-electron chi connectivity index (χ4n) is 6.09. The van der Waals surface area contributed by atoms with Gasteiger partial charge in [0, 0.05) is 65.2 Å². The van der Waals surface area contributed by atoms with Crippen molar-refractivity contribution in [1.29, 1.82) is 0 Å². The molecule has 0 amide bonds. The molecule has 50 heavy (non-hydrogen) atoms. The molecule has 0 unspecified atom stereocenters. The van der Waals surface area contributed by atoms with Crippen LogP contribution >= 0.6 is 0 Å². The first-order chi connectivity index (χ1) is 23.3. The second-order valence-corrected chi connectivity index (χ2v) is 14.7. The molecule has 0 saturated carbocycles. The van der Waals surface area contributed by atoms with Gasteiger partial charge in [-0.05, 0) is 55.4 Å². The van der Waals surface area contributed by atoms with E-state index in [1.54, 1.807) is 12.5 Å². The number of hydrogen-bond donors (Lipinski definition) is 1. The normalized spacial score (nSPS) is 12.5. The third kappa shape index (κ3) is 7.82. The molecule has 5 nitrogen and oxygen atoms in total. The van der Waals surface area contributed by atoms with Gasteiger partial charge in [-0.15, -0.1) is 29.1 Å². The Hall–Kier alpha value is -3.99. The summed E-state index contributed by atoms with van der Waals surface area (Å²) >= 11 is 0. The topological polar surface area (TPSA) is 76.5 Å². The van der Waals surface area contributed by atoms with Gasteiger partial charge in [0.05, 0.1) is 6.26 Å². The minimum atomic E-state index is -0.337. The van der Waals surface area contributed by atoms with Crippen molar-refractivity contribution >= 4 is 38.5 Å². The van der Waals surface area contributed by atoms with E-state index in [0.717, 1.165) is 75.6 Å². The molecule has 0 bridgehead atoms. The zero-order chi connectivity index (χ0) is 35.6. The number of pyridine rings is 1. The molecule has 6 rings (SSSR count). The Labute approximate surface area is 310 Å². The molecule has 265 valence electrons. The van der Waals surface area contributed by atoms with E-state index >= 15 is 0 Å². The summed E-state index contributed by atoms with van der Waals surface area (Å²) in [6.45, 7) is 18.8. The second-order valence-electron chi connectivity index (χ2n) is 14.7. The van der Waals surface area contributed by atoms with Crippen LogP contribution in [0.4, 0.5) is 0 Å². The maximum Gasteiger partial charge on any atom is 0.164 e. The van der Waals surface area contributed by atoms with Crippen molar-refractivity contribution in [2.75, 3.05) is 0 Å². The molecular formula is C44H50IrNO4-. The molecule has 0 spiro atoms. The molecule has 0 fully saturated rings. The fourth-order valence-corrected chi connectivity index (χ4v) is 6.09. The average Bonchev–Trinajstić information content (AvgIpc) is 3.77. The van der Waals surface area contributed by atoms with Gasteiger partial charge in [0.1, 0.15) is 22.7 Å². The maximum atomic E-state index is 12.2. The maximum absolute atomic E-state index is 12.2. The largest absolute Gasteiger partial charge is 0.512 e. The van der Waals surface area contributed by atoms with Crippen LogP contribution in [0.2, 0.25) is 0 Å². The van der Waals surface area contributed by atoms with E-state index < -0.39 is 0 Å². The van der Waals surface area contributed by atoms with Gasteiger partial charge in [-0.2, -0.15) is 0 Å². The number of furan rings is 2. The van der Waals surface area contributed by atoms with Crippen LogP contribution in [-0.4, -0.2) is 15.9 Å². The molecule has 1 radical (unpaired) electrons. The summed E-state index contributed by atoms with van der Waals surface area (Å²) in [5.41, 5.74) is 5.18. The van der Waals surface area contributed by atoms with Crippen LogP contribution in [0.1, 0.15) is 93.6 Å². The standard InChI is InChI=1S/C29H22NO2.C15H28O2.Ir/c1-29(2,3)24-15-21(14-19-6-4-5-7-22(19)24)28-23-17-27(32-25(23)10-12-30-28)20-9-8-18-11-13-31-26(18)16-20;1-7-14(5,8-2)12(16)11-13(17)15(6,9-3)10-4;/h4-13,15-17H,1-3H3;11,16H,7-10H2,1-6H3;/q-1;;/b;12-11-;. The van der Waals surface area contributed by atoms with Gasteiger partial charge >= 0.3 is 0 Å². The van der Waals surface area contributed by atoms with E-state index in [4.69, 9.17) is 13.8 Å². The van der Waals surface area contributed by atoms with Gasteiger partial charge in [0.25, 0.3) is 0 Å². The SMILES string of the molecule is CC(C)(C)c1cc(-c2nccc3oc(-c4ccc5ccoc5c4)cc23)[c-]c2ccccc12.CCC(C)(CC)C(=O)/C=C(\O)C(C)(CC)CC.[Ir]. The molecule has 3 heterocycles. The predicted molar refractivity (Wildman–Crippen MR) is 203 cm³/mol. The number of allylic oxidation sites excluding steroid dienone is 2. The Morgan fingerprint density at radius 2 is 1.50 bits per heavy atom. The van der Waals surface area contributed by atoms with Crippen molar-refractivity contribution in [2.24, 2.45) is 10.8 Å². The first kappa shape index (κ1) is 38.8. The zero-order valence-electron chi connectivity index (χ0n) is 30.9. The molecule has 0 saturated heterocycles. The Morgan fingerprint density at radius 1 is 0.820 bits per heavy atom. The number of fused-ring (bicyclic) bond motifs is 3. The number of ketones is 1. The third-order valence-corrected chi connectivity index (χ3v) is 10.6.